The fraction of sp³-hybridized carbons (Fsp3) is 0.0455. The van der Waals surface area contributed by atoms with Crippen molar-refractivity contribution in [3.8, 4) is 11.5 Å². The van der Waals surface area contributed by atoms with Crippen LogP contribution in [0, 0.1) is 0 Å². The number of thiophene rings is 1. The number of benzene rings is 2. The van der Waals surface area contributed by atoms with Gasteiger partial charge in [0.2, 0.25) is 5.78 Å². The molecule has 0 N–H and O–H groups in total. The lowest BCUT2D eigenvalue weighted by Crippen LogP contribution is -2.06. The highest BCUT2D eigenvalue weighted by atomic mass is 32.1. The van der Waals surface area contributed by atoms with Gasteiger partial charge in [0, 0.05) is 6.07 Å². The highest BCUT2D eigenvalue weighted by molar-refractivity contribution is 7.12. The van der Waals surface area contributed by atoms with Gasteiger partial charge in [0.15, 0.2) is 5.76 Å². The number of Topliss-reactive ketones (excluding diaryl/α,β-unsaturated/α-hetero) is 1. The third kappa shape index (κ3) is 3.81. The van der Waals surface area contributed by atoms with Crippen molar-refractivity contribution >= 4 is 35.1 Å². The molecule has 0 spiro atoms. The molecule has 0 aliphatic carbocycles. The maximum atomic E-state index is 12.6. The smallest absolute Gasteiger partial charge is 0.353 e. The Balaban J connectivity index is 1.52. The van der Waals surface area contributed by atoms with Gasteiger partial charge in [-0.15, -0.1) is 11.3 Å². The SMILES string of the molecule is COC(=O)c1ccc(/C=C2\Oc3cc(OC(=O)c4cccs4)ccc3C2=O)cc1. The van der Waals surface area contributed by atoms with E-state index in [-0.39, 0.29) is 11.5 Å². The van der Waals surface area contributed by atoms with Gasteiger partial charge in [-0.3, -0.25) is 4.79 Å². The summed E-state index contributed by atoms with van der Waals surface area (Å²) in [6.45, 7) is 0. The Labute approximate surface area is 170 Å². The van der Waals surface area contributed by atoms with E-state index >= 15 is 0 Å². The molecule has 3 aromatic rings. The Hall–Kier alpha value is -3.71. The van der Waals surface area contributed by atoms with Crippen molar-refractivity contribution in [2.75, 3.05) is 7.11 Å². The molecule has 2 heterocycles. The van der Waals surface area contributed by atoms with Crippen molar-refractivity contribution in [2.24, 2.45) is 0 Å². The number of carbonyl (C=O) groups is 3. The summed E-state index contributed by atoms with van der Waals surface area (Å²) in [6.07, 6.45) is 1.58. The first kappa shape index (κ1) is 18.6. The lowest BCUT2D eigenvalue weighted by molar-refractivity contribution is 0.0600. The van der Waals surface area contributed by atoms with E-state index in [1.165, 1.54) is 24.5 Å². The van der Waals surface area contributed by atoms with Crippen molar-refractivity contribution in [3.05, 3.63) is 87.3 Å². The van der Waals surface area contributed by atoms with Crippen LogP contribution >= 0.6 is 11.3 Å². The standard InChI is InChI=1S/C22H14O6S/c1-26-21(24)14-6-4-13(5-7-14)11-18-20(23)16-9-8-15(12-17(16)28-18)27-22(25)19-3-2-10-29-19/h2-12H,1H3/b18-11-. The van der Waals surface area contributed by atoms with Crippen molar-refractivity contribution in [3.63, 3.8) is 0 Å². The molecule has 0 amide bonds. The fourth-order valence-corrected chi connectivity index (χ4v) is 3.37. The zero-order valence-electron chi connectivity index (χ0n) is 15.2. The highest BCUT2D eigenvalue weighted by Gasteiger charge is 2.28. The largest absolute Gasteiger partial charge is 0.465 e. The molecule has 4 rings (SSSR count). The number of ketones is 1. The molecule has 6 nitrogen and oxygen atoms in total. The highest BCUT2D eigenvalue weighted by Crippen LogP contribution is 2.35. The Morgan fingerprint density at radius 1 is 1.03 bits per heavy atom. The minimum atomic E-state index is -0.467. The lowest BCUT2D eigenvalue weighted by atomic mass is 10.1. The number of allylic oxidation sites excluding steroid dienone is 1. The minimum absolute atomic E-state index is 0.146. The van der Waals surface area contributed by atoms with Crippen LogP contribution < -0.4 is 9.47 Å². The molecular formula is C22H14O6S. The first-order valence-electron chi connectivity index (χ1n) is 8.57. The zero-order valence-corrected chi connectivity index (χ0v) is 16.0. The molecule has 0 saturated heterocycles. The molecule has 0 saturated carbocycles. The van der Waals surface area contributed by atoms with Crippen LogP contribution in [0.1, 0.15) is 36.0 Å². The molecule has 0 atom stereocenters. The van der Waals surface area contributed by atoms with Gasteiger partial charge < -0.3 is 14.2 Å². The number of ether oxygens (including phenoxy) is 3. The maximum Gasteiger partial charge on any atom is 0.353 e. The molecule has 0 bridgehead atoms. The van der Waals surface area contributed by atoms with E-state index < -0.39 is 11.9 Å². The van der Waals surface area contributed by atoms with Gasteiger partial charge in [0.25, 0.3) is 0 Å². The minimum Gasteiger partial charge on any atom is -0.465 e. The summed E-state index contributed by atoms with van der Waals surface area (Å²) in [5.41, 5.74) is 1.49. The third-order valence-electron chi connectivity index (χ3n) is 4.20. The summed E-state index contributed by atoms with van der Waals surface area (Å²) in [7, 11) is 1.31. The summed E-state index contributed by atoms with van der Waals surface area (Å²) < 4.78 is 15.7. The quantitative estimate of drug-likeness (QED) is 0.364. The van der Waals surface area contributed by atoms with E-state index in [1.807, 2.05) is 0 Å². The number of methoxy groups -OCH3 is 1. The predicted molar refractivity (Wildman–Crippen MR) is 106 cm³/mol. The lowest BCUT2D eigenvalue weighted by Gasteiger charge is -2.04. The van der Waals surface area contributed by atoms with Gasteiger partial charge in [0.1, 0.15) is 16.4 Å². The van der Waals surface area contributed by atoms with Gasteiger partial charge in [-0.25, -0.2) is 9.59 Å². The van der Waals surface area contributed by atoms with Gasteiger partial charge in [-0.1, -0.05) is 18.2 Å². The van der Waals surface area contributed by atoms with Crippen LogP contribution in [0.15, 0.2) is 65.7 Å². The average Bonchev–Trinajstić information content (AvgIpc) is 3.37. The summed E-state index contributed by atoms with van der Waals surface area (Å²) in [4.78, 5) is 36.6. The molecular weight excluding hydrogens is 392 g/mol. The van der Waals surface area contributed by atoms with Gasteiger partial charge in [0.05, 0.1) is 18.2 Å². The van der Waals surface area contributed by atoms with Crippen molar-refractivity contribution in [1.82, 2.24) is 0 Å². The van der Waals surface area contributed by atoms with E-state index in [1.54, 1.807) is 60.0 Å². The van der Waals surface area contributed by atoms with Crippen LogP contribution in [0.4, 0.5) is 0 Å². The summed E-state index contributed by atoms with van der Waals surface area (Å²) >= 11 is 1.28. The average molecular weight is 406 g/mol. The fourth-order valence-electron chi connectivity index (χ4n) is 2.77. The van der Waals surface area contributed by atoms with Gasteiger partial charge >= 0.3 is 11.9 Å². The summed E-state index contributed by atoms with van der Waals surface area (Å²) in [5.74, 6) is -0.413. The topological polar surface area (TPSA) is 78.9 Å². The number of esters is 2. The van der Waals surface area contributed by atoms with Crippen LogP contribution in [0.2, 0.25) is 0 Å². The number of fused-ring (bicyclic) bond motifs is 1. The molecule has 2 aromatic carbocycles. The van der Waals surface area contributed by atoms with E-state index in [0.717, 1.165) is 0 Å². The molecule has 29 heavy (non-hydrogen) atoms. The molecule has 144 valence electrons. The predicted octanol–water partition coefficient (Wildman–Crippen LogP) is 4.37. The second kappa shape index (κ2) is 7.73. The molecule has 1 aromatic heterocycles. The monoisotopic (exact) mass is 406 g/mol. The van der Waals surface area contributed by atoms with Crippen LogP contribution in [0.3, 0.4) is 0 Å². The van der Waals surface area contributed by atoms with E-state index in [0.29, 0.717) is 33.1 Å². The summed E-state index contributed by atoms with van der Waals surface area (Å²) in [6, 6.07) is 14.7. The maximum absolute atomic E-state index is 12.6. The van der Waals surface area contributed by atoms with E-state index in [2.05, 4.69) is 4.74 Å². The number of rotatable bonds is 4. The number of hydrogen-bond acceptors (Lipinski definition) is 7. The van der Waals surface area contributed by atoms with Crippen LogP contribution in [-0.4, -0.2) is 24.8 Å². The van der Waals surface area contributed by atoms with Crippen LogP contribution in [0.25, 0.3) is 6.08 Å². The Bertz CT molecular complexity index is 1130. The van der Waals surface area contributed by atoms with Gasteiger partial charge in [-0.2, -0.15) is 0 Å². The number of carbonyl (C=O) groups excluding carboxylic acids is 3. The summed E-state index contributed by atoms with van der Waals surface area (Å²) in [5, 5.41) is 1.79. The second-order valence-corrected chi connectivity index (χ2v) is 7.03. The first-order valence-corrected chi connectivity index (χ1v) is 9.45. The van der Waals surface area contributed by atoms with Crippen LogP contribution in [0.5, 0.6) is 11.5 Å². The molecule has 0 unspecified atom stereocenters. The van der Waals surface area contributed by atoms with Crippen LogP contribution in [-0.2, 0) is 4.74 Å². The Kier molecular flexibility index (Phi) is 4.97. The Morgan fingerprint density at radius 3 is 2.52 bits per heavy atom. The molecule has 0 radical (unpaired) electrons. The van der Waals surface area contributed by atoms with Crippen molar-refractivity contribution < 1.29 is 28.6 Å². The zero-order chi connectivity index (χ0) is 20.4. The third-order valence-corrected chi connectivity index (χ3v) is 5.05. The molecule has 0 fully saturated rings. The van der Waals surface area contributed by atoms with E-state index in [4.69, 9.17) is 9.47 Å². The number of hydrogen-bond donors (Lipinski definition) is 0. The van der Waals surface area contributed by atoms with Gasteiger partial charge in [-0.05, 0) is 47.4 Å². The first-order chi connectivity index (χ1) is 14.0. The molecule has 7 heteroatoms. The second-order valence-electron chi connectivity index (χ2n) is 6.08. The van der Waals surface area contributed by atoms with Crippen molar-refractivity contribution in [1.29, 1.82) is 0 Å². The molecule has 1 aliphatic heterocycles. The Morgan fingerprint density at radius 2 is 1.83 bits per heavy atom. The normalized spacial score (nSPS) is 13.7. The molecule has 1 aliphatic rings. The van der Waals surface area contributed by atoms with E-state index in [9.17, 15) is 14.4 Å². The van der Waals surface area contributed by atoms with Crippen molar-refractivity contribution in [2.45, 2.75) is 0 Å².